The van der Waals surface area contributed by atoms with E-state index >= 15 is 0 Å². The largest absolute Gasteiger partial charge is 0.379 e. The van der Waals surface area contributed by atoms with Crippen LogP contribution < -0.4 is 5.32 Å². The Bertz CT molecular complexity index is 468. The Labute approximate surface area is 119 Å². The number of nitrogens with zero attached hydrogens (tertiary/aromatic N) is 1. The Morgan fingerprint density at radius 2 is 2.20 bits per heavy atom. The average molecular weight is 276 g/mol. The summed E-state index contributed by atoms with van der Waals surface area (Å²) in [5, 5.41) is 11.5. The summed E-state index contributed by atoms with van der Waals surface area (Å²) in [4.78, 5) is 11.9. The van der Waals surface area contributed by atoms with Crippen LogP contribution in [0.5, 0.6) is 0 Å². The number of amides is 1. The minimum Gasteiger partial charge on any atom is -0.379 e. The van der Waals surface area contributed by atoms with E-state index in [1.807, 2.05) is 13.0 Å². The van der Waals surface area contributed by atoms with E-state index < -0.39 is 6.10 Å². The first kappa shape index (κ1) is 16.2. The van der Waals surface area contributed by atoms with Gasteiger partial charge in [-0.25, -0.2) is 0 Å². The molecule has 5 heteroatoms. The normalized spacial score (nSPS) is 11.7. The molecule has 1 unspecified atom stereocenters. The first-order valence-electron chi connectivity index (χ1n) is 6.67. The van der Waals surface area contributed by atoms with Crippen LogP contribution in [0.25, 0.3) is 0 Å². The van der Waals surface area contributed by atoms with Crippen LogP contribution in [0, 0.1) is 11.3 Å². The number of anilines is 1. The van der Waals surface area contributed by atoms with E-state index in [1.54, 1.807) is 31.2 Å². The molecule has 1 aromatic carbocycles. The van der Waals surface area contributed by atoms with Gasteiger partial charge in [0.1, 0.15) is 6.10 Å². The molecule has 1 N–H and O–H groups in total. The maximum absolute atomic E-state index is 11.9. The summed E-state index contributed by atoms with van der Waals surface area (Å²) in [6.07, 6.45) is 0.400. The minimum absolute atomic E-state index is 0.240. The van der Waals surface area contributed by atoms with Crippen molar-refractivity contribution in [3.8, 4) is 6.07 Å². The highest BCUT2D eigenvalue weighted by Crippen LogP contribution is 2.10. The highest BCUT2D eigenvalue weighted by molar-refractivity contribution is 5.94. The molecule has 0 aliphatic rings. The van der Waals surface area contributed by atoms with Crippen molar-refractivity contribution in [1.82, 2.24) is 0 Å². The van der Waals surface area contributed by atoms with Gasteiger partial charge in [0.05, 0.1) is 24.8 Å². The van der Waals surface area contributed by atoms with E-state index in [-0.39, 0.29) is 5.91 Å². The molecule has 0 aliphatic carbocycles. The van der Waals surface area contributed by atoms with E-state index in [2.05, 4.69) is 5.32 Å². The van der Waals surface area contributed by atoms with Crippen molar-refractivity contribution in [2.24, 2.45) is 0 Å². The first-order chi connectivity index (χ1) is 9.67. The second kappa shape index (κ2) is 9.08. The summed E-state index contributed by atoms with van der Waals surface area (Å²) < 4.78 is 10.6. The number of hydrogen-bond acceptors (Lipinski definition) is 4. The third-order valence-electron chi connectivity index (χ3n) is 2.57. The van der Waals surface area contributed by atoms with E-state index in [4.69, 9.17) is 14.7 Å². The number of carbonyl (C=O) groups is 1. The van der Waals surface area contributed by atoms with Crippen LogP contribution in [0.15, 0.2) is 24.3 Å². The molecule has 1 rings (SSSR count). The lowest BCUT2D eigenvalue weighted by Crippen LogP contribution is -2.28. The molecule has 5 nitrogen and oxygen atoms in total. The highest BCUT2D eigenvalue weighted by atomic mass is 16.5. The summed E-state index contributed by atoms with van der Waals surface area (Å²) in [5.41, 5.74) is 1.09. The van der Waals surface area contributed by atoms with Gasteiger partial charge in [-0.15, -0.1) is 0 Å². The molecule has 1 aromatic rings. The van der Waals surface area contributed by atoms with Gasteiger partial charge in [0.2, 0.25) is 0 Å². The van der Waals surface area contributed by atoms with Crippen LogP contribution in [-0.2, 0) is 14.3 Å². The summed E-state index contributed by atoms with van der Waals surface area (Å²) in [7, 11) is 0. The number of carbonyl (C=O) groups excluding carboxylic acids is 1. The Morgan fingerprint density at radius 1 is 1.40 bits per heavy atom. The van der Waals surface area contributed by atoms with Gasteiger partial charge in [-0.2, -0.15) is 5.26 Å². The molecule has 0 fully saturated rings. The topological polar surface area (TPSA) is 71.3 Å². The van der Waals surface area contributed by atoms with Gasteiger partial charge in [-0.3, -0.25) is 4.79 Å². The van der Waals surface area contributed by atoms with Gasteiger partial charge in [0, 0.05) is 12.3 Å². The van der Waals surface area contributed by atoms with Gasteiger partial charge in [-0.1, -0.05) is 13.0 Å². The minimum atomic E-state index is -0.564. The maximum Gasteiger partial charge on any atom is 0.253 e. The number of rotatable bonds is 8. The highest BCUT2D eigenvalue weighted by Gasteiger charge is 2.13. The molecule has 1 amide bonds. The fraction of sp³-hybridized carbons (Fsp3) is 0.467. The van der Waals surface area contributed by atoms with Crippen molar-refractivity contribution in [2.45, 2.75) is 26.4 Å². The second-order valence-electron chi connectivity index (χ2n) is 4.31. The molecule has 0 saturated heterocycles. The monoisotopic (exact) mass is 276 g/mol. The van der Waals surface area contributed by atoms with E-state index in [1.165, 1.54) is 0 Å². The van der Waals surface area contributed by atoms with Crippen LogP contribution in [0.1, 0.15) is 25.8 Å². The van der Waals surface area contributed by atoms with Crippen LogP contribution in [-0.4, -0.2) is 31.8 Å². The number of nitriles is 1. The van der Waals surface area contributed by atoms with E-state index in [0.29, 0.717) is 31.1 Å². The Balaban J connectivity index is 2.35. The summed E-state index contributed by atoms with van der Waals surface area (Å²) >= 11 is 0. The molecule has 108 valence electrons. The molecule has 0 aliphatic heterocycles. The van der Waals surface area contributed by atoms with Crippen molar-refractivity contribution >= 4 is 11.6 Å². The maximum atomic E-state index is 11.9. The van der Waals surface area contributed by atoms with Gasteiger partial charge in [-0.05, 0) is 31.5 Å². The predicted molar refractivity (Wildman–Crippen MR) is 76.3 cm³/mol. The average Bonchev–Trinajstić information content (AvgIpc) is 2.47. The Hall–Kier alpha value is -1.90. The molecular weight excluding hydrogens is 256 g/mol. The molecule has 0 spiro atoms. The second-order valence-corrected chi connectivity index (χ2v) is 4.31. The van der Waals surface area contributed by atoms with Crippen molar-refractivity contribution in [2.75, 3.05) is 25.1 Å². The van der Waals surface area contributed by atoms with E-state index in [0.717, 1.165) is 6.42 Å². The lowest BCUT2D eigenvalue weighted by molar-refractivity contribution is -0.127. The predicted octanol–water partition coefficient (Wildman–Crippen LogP) is 2.33. The van der Waals surface area contributed by atoms with Gasteiger partial charge < -0.3 is 14.8 Å². The lowest BCUT2D eigenvalue weighted by atomic mass is 10.2. The Kier molecular flexibility index (Phi) is 7.33. The van der Waals surface area contributed by atoms with Crippen molar-refractivity contribution < 1.29 is 14.3 Å². The van der Waals surface area contributed by atoms with Gasteiger partial charge in [0.25, 0.3) is 5.91 Å². The third-order valence-corrected chi connectivity index (χ3v) is 2.57. The van der Waals surface area contributed by atoms with Crippen molar-refractivity contribution in [3.05, 3.63) is 29.8 Å². The summed E-state index contributed by atoms with van der Waals surface area (Å²) in [5.74, 6) is -0.240. The number of hydrogen-bond donors (Lipinski definition) is 1. The molecule has 0 aromatic heterocycles. The third kappa shape index (κ3) is 5.83. The molecule has 0 radical (unpaired) electrons. The molecule has 0 saturated carbocycles. The lowest BCUT2D eigenvalue weighted by Gasteiger charge is -2.13. The zero-order valence-electron chi connectivity index (χ0n) is 11.9. The number of ether oxygens (including phenoxy) is 2. The zero-order valence-corrected chi connectivity index (χ0v) is 11.9. The molecular formula is C15H20N2O3. The standard InChI is InChI=1S/C15H20N2O3/c1-3-7-19-8-9-20-12(2)15(18)17-14-6-4-5-13(10-14)11-16/h4-6,10,12H,3,7-9H2,1-2H3,(H,17,18). The van der Waals surface area contributed by atoms with Gasteiger partial charge >= 0.3 is 0 Å². The molecule has 1 atom stereocenters. The molecule has 0 bridgehead atoms. The SMILES string of the molecule is CCCOCCOC(C)C(=O)Nc1cccc(C#N)c1. The number of nitrogens with one attached hydrogen (secondary N) is 1. The Morgan fingerprint density at radius 3 is 2.90 bits per heavy atom. The fourth-order valence-electron chi connectivity index (χ4n) is 1.52. The molecule has 20 heavy (non-hydrogen) atoms. The van der Waals surface area contributed by atoms with Crippen LogP contribution >= 0.6 is 0 Å². The van der Waals surface area contributed by atoms with Crippen LogP contribution in [0.2, 0.25) is 0 Å². The quantitative estimate of drug-likeness (QED) is 0.740. The van der Waals surface area contributed by atoms with Crippen molar-refractivity contribution in [1.29, 1.82) is 5.26 Å². The fourth-order valence-corrected chi connectivity index (χ4v) is 1.52. The molecule has 0 heterocycles. The van der Waals surface area contributed by atoms with E-state index in [9.17, 15) is 4.79 Å². The van der Waals surface area contributed by atoms with Gasteiger partial charge in [0.15, 0.2) is 0 Å². The van der Waals surface area contributed by atoms with Crippen LogP contribution in [0.4, 0.5) is 5.69 Å². The summed E-state index contributed by atoms with van der Waals surface area (Å²) in [6.45, 7) is 5.28. The van der Waals surface area contributed by atoms with Crippen molar-refractivity contribution in [3.63, 3.8) is 0 Å². The van der Waals surface area contributed by atoms with Crippen LogP contribution in [0.3, 0.4) is 0 Å². The zero-order chi connectivity index (χ0) is 14.8. The summed E-state index contributed by atoms with van der Waals surface area (Å²) in [6, 6.07) is 8.78. The smallest absolute Gasteiger partial charge is 0.253 e. The number of benzene rings is 1. The first-order valence-corrected chi connectivity index (χ1v) is 6.67.